The average molecular weight is 316 g/mol. The van der Waals surface area contributed by atoms with Gasteiger partial charge in [-0.2, -0.15) is 0 Å². The number of esters is 1. The molecule has 0 fully saturated rings. The Kier molecular flexibility index (Phi) is 6.01. The molecule has 0 spiro atoms. The van der Waals surface area contributed by atoms with Gasteiger partial charge in [0.25, 0.3) is 0 Å². The summed E-state index contributed by atoms with van der Waals surface area (Å²) in [6, 6.07) is 4.79. The summed E-state index contributed by atoms with van der Waals surface area (Å²) < 4.78 is 18.8. The average Bonchev–Trinajstić information content (AvgIpc) is 2.37. The monoisotopic (exact) mass is 315 g/mol. The molecule has 18 heavy (non-hydrogen) atoms. The fourth-order valence-electron chi connectivity index (χ4n) is 1.36. The second kappa shape index (κ2) is 7.28. The van der Waals surface area contributed by atoms with Gasteiger partial charge in [0.1, 0.15) is 5.82 Å². The van der Waals surface area contributed by atoms with Gasteiger partial charge in [0, 0.05) is 28.7 Å². The fraction of sp³-hybridized carbons (Fsp3) is 0.308. The highest BCUT2D eigenvalue weighted by Crippen LogP contribution is 2.15. The highest BCUT2D eigenvalue weighted by Gasteiger charge is 2.03. The van der Waals surface area contributed by atoms with Crippen LogP contribution in [0.2, 0.25) is 0 Å². The van der Waals surface area contributed by atoms with Crippen molar-refractivity contribution in [2.75, 3.05) is 13.7 Å². The number of rotatable bonds is 5. The number of carbonyl (C=O) groups excluding carboxylic acids is 1. The lowest BCUT2D eigenvalue weighted by Gasteiger charge is -2.05. The first kappa shape index (κ1) is 14.9. The number of carbonyl (C=O) groups is 1. The predicted octanol–water partition coefficient (Wildman–Crippen LogP) is 2.80. The Morgan fingerprint density at radius 1 is 1.56 bits per heavy atom. The Balaban J connectivity index is 2.47. The zero-order valence-electron chi connectivity index (χ0n) is 10.3. The van der Waals surface area contributed by atoms with E-state index >= 15 is 0 Å². The van der Waals surface area contributed by atoms with E-state index < -0.39 is 0 Å². The highest BCUT2D eigenvalue weighted by molar-refractivity contribution is 9.10. The lowest BCUT2D eigenvalue weighted by atomic mass is 10.2. The molecule has 0 bridgehead atoms. The number of ether oxygens (including phenoxy) is 1. The lowest BCUT2D eigenvalue weighted by Crippen LogP contribution is -2.15. The van der Waals surface area contributed by atoms with Gasteiger partial charge in [0.05, 0.1) is 7.11 Å². The Hall–Kier alpha value is -1.20. The van der Waals surface area contributed by atoms with Gasteiger partial charge < -0.3 is 10.1 Å². The summed E-state index contributed by atoms with van der Waals surface area (Å²) in [6.45, 7) is 2.55. The van der Waals surface area contributed by atoms with Crippen LogP contribution in [0.15, 0.2) is 34.3 Å². The smallest absolute Gasteiger partial charge is 0.333 e. The first-order chi connectivity index (χ1) is 8.54. The van der Waals surface area contributed by atoms with Gasteiger partial charge in [-0.3, -0.25) is 0 Å². The van der Waals surface area contributed by atoms with E-state index in [-0.39, 0.29) is 11.8 Å². The molecule has 0 radical (unpaired) electrons. The van der Waals surface area contributed by atoms with Crippen molar-refractivity contribution in [2.45, 2.75) is 13.5 Å². The van der Waals surface area contributed by atoms with Crippen LogP contribution in [0.5, 0.6) is 0 Å². The Morgan fingerprint density at radius 3 is 2.94 bits per heavy atom. The molecule has 3 nitrogen and oxygen atoms in total. The van der Waals surface area contributed by atoms with Crippen molar-refractivity contribution in [3.8, 4) is 0 Å². The molecule has 0 aliphatic heterocycles. The maximum absolute atomic E-state index is 13.4. The Morgan fingerprint density at radius 2 is 2.28 bits per heavy atom. The van der Waals surface area contributed by atoms with Crippen LogP contribution in [-0.2, 0) is 16.1 Å². The predicted molar refractivity (Wildman–Crippen MR) is 71.6 cm³/mol. The highest BCUT2D eigenvalue weighted by atomic mass is 79.9. The topological polar surface area (TPSA) is 38.3 Å². The van der Waals surface area contributed by atoms with Crippen molar-refractivity contribution < 1.29 is 13.9 Å². The molecule has 0 atom stereocenters. The molecule has 0 saturated heterocycles. The van der Waals surface area contributed by atoms with Crippen LogP contribution in [0.1, 0.15) is 12.5 Å². The van der Waals surface area contributed by atoms with Crippen molar-refractivity contribution in [1.29, 1.82) is 0 Å². The molecule has 0 unspecified atom stereocenters. The summed E-state index contributed by atoms with van der Waals surface area (Å²) in [5.41, 5.74) is 1.10. The molecule has 1 aromatic rings. The van der Waals surface area contributed by atoms with E-state index in [4.69, 9.17) is 0 Å². The van der Waals surface area contributed by atoms with Gasteiger partial charge in [-0.1, -0.05) is 22.0 Å². The molecule has 98 valence electrons. The Bertz CT molecular complexity index is 460. The maximum atomic E-state index is 13.4. The molecular formula is C13H15BrFNO2. The second-order valence-electron chi connectivity index (χ2n) is 3.75. The standard InChI is InChI=1S/C13H15BrFNO2/c1-9(13(17)18-2)5-6-16-8-10-7-11(14)3-4-12(10)15/h3-5,7,16H,6,8H2,1-2H3/b9-5+. The van der Waals surface area contributed by atoms with E-state index in [1.165, 1.54) is 13.2 Å². The number of methoxy groups -OCH3 is 1. The van der Waals surface area contributed by atoms with E-state index in [0.717, 1.165) is 4.47 Å². The van der Waals surface area contributed by atoms with E-state index in [2.05, 4.69) is 26.0 Å². The third kappa shape index (κ3) is 4.58. The largest absolute Gasteiger partial charge is 0.466 e. The van der Waals surface area contributed by atoms with Crippen molar-refractivity contribution in [3.63, 3.8) is 0 Å². The quantitative estimate of drug-likeness (QED) is 0.516. The molecule has 0 heterocycles. The van der Waals surface area contributed by atoms with Crippen LogP contribution in [0.25, 0.3) is 0 Å². The van der Waals surface area contributed by atoms with Crippen LogP contribution >= 0.6 is 15.9 Å². The van der Waals surface area contributed by atoms with E-state index in [1.807, 2.05) is 0 Å². The Labute approximate surface area is 114 Å². The molecular weight excluding hydrogens is 301 g/mol. The summed E-state index contributed by atoms with van der Waals surface area (Å²) in [4.78, 5) is 11.1. The summed E-state index contributed by atoms with van der Waals surface area (Å²) >= 11 is 3.29. The van der Waals surface area contributed by atoms with Crippen LogP contribution in [0.4, 0.5) is 4.39 Å². The van der Waals surface area contributed by atoms with Gasteiger partial charge in [-0.05, 0) is 25.1 Å². The van der Waals surface area contributed by atoms with Gasteiger partial charge in [-0.15, -0.1) is 0 Å². The minimum absolute atomic E-state index is 0.251. The first-order valence-corrected chi connectivity index (χ1v) is 6.23. The summed E-state index contributed by atoms with van der Waals surface area (Å²) in [5.74, 6) is -0.607. The van der Waals surface area contributed by atoms with Crippen LogP contribution in [0.3, 0.4) is 0 Å². The second-order valence-corrected chi connectivity index (χ2v) is 4.66. The third-order valence-electron chi connectivity index (χ3n) is 2.38. The van der Waals surface area contributed by atoms with Gasteiger partial charge in [0.2, 0.25) is 0 Å². The van der Waals surface area contributed by atoms with E-state index in [0.29, 0.717) is 24.2 Å². The van der Waals surface area contributed by atoms with Crippen molar-refractivity contribution >= 4 is 21.9 Å². The van der Waals surface area contributed by atoms with Gasteiger partial charge in [0.15, 0.2) is 0 Å². The van der Waals surface area contributed by atoms with E-state index in [9.17, 15) is 9.18 Å². The van der Waals surface area contributed by atoms with Crippen LogP contribution in [-0.4, -0.2) is 19.6 Å². The first-order valence-electron chi connectivity index (χ1n) is 5.44. The van der Waals surface area contributed by atoms with E-state index in [1.54, 1.807) is 25.1 Å². The molecule has 0 aliphatic rings. The van der Waals surface area contributed by atoms with Gasteiger partial charge >= 0.3 is 5.97 Å². The lowest BCUT2D eigenvalue weighted by molar-refractivity contribution is -0.136. The minimum atomic E-state index is -0.356. The molecule has 0 aliphatic carbocycles. The molecule has 0 aromatic heterocycles. The normalized spacial score (nSPS) is 11.4. The number of nitrogens with one attached hydrogen (secondary N) is 1. The summed E-state index contributed by atoms with van der Waals surface area (Å²) in [6.07, 6.45) is 1.71. The number of halogens is 2. The molecule has 0 saturated carbocycles. The number of hydrogen-bond acceptors (Lipinski definition) is 3. The zero-order chi connectivity index (χ0) is 13.5. The summed E-state index contributed by atoms with van der Waals surface area (Å²) in [5, 5.41) is 3.03. The van der Waals surface area contributed by atoms with Crippen molar-refractivity contribution in [3.05, 3.63) is 45.7 Å². The minimum Gasteiger partial charge on any atom is -0.466 e. The van der Waals surface area contributed by atoms with Crippen LogP contribution in [0, 0.1) is 5.82 Å². The van der Waals surface area contributed by atoms with Crippen molar-refractivity contribution in [1.82, 2.24) is 5.32 Å². The molecule has 1 N–H and O–H groups in total. The van der Waals surface area contributed by atoms with Gasteiger partial charge in [-0.25, -0.2) is 9.18 Å². The summed E-state index contributed by atoms with van der Waals surface area (Å²) in [7, 11) is 1.34. The molecule has 1 rings (SSSR count). The third-order valence-corrected chi connectivity index (χ3v) is 2.88. The molecule has 5 heteroatoms. The number of benzene rings is 1. The molecule has 0 amide bonds. The number of hydrogen-bond donors (Lipinski definition) is 1. The van der Waals surface area contributed by atoms with Crippen LogP contribution < -0.4 is 5.32 Å². The fourth-order valence-corrected chi connectivity index (χ4v) is 1.76. The molecule has 1 aromatic carbocycles. The zero-order valence-corrected chi connectivity index (χ0v) is 11.9. The maximum Gasteiger partial charge on any atom is 0.333 e. The SMILES string of the molecule is COC(=O)/C(C)=C/CNCc1cc(Br)ccc1F. The van der Waals surface area contributed by atoms with Crippen molar-refractivity contribution in [2.24, 2.45) is 0 Å².